The average Bonchev–Trinajstić information content (AvgIpc) is 2.66. The molecule has 0 atom stereocenters. The molecule has 0 bridgehead atoms. The third-order valence-electron chi connectivity index (χ3n) is 2.57. The summed E-state index contributed by atoms with van der Waals surface area (Å²) >= 11 is 0. The second kappa shape index (κ2) is 6.44. The van der Waals surface area contributed by atoms with Crippen molar-refractivity contribution in [2.45, 2.75) is 52.0 Å². The lowest BCUT2D eigenvalue weighted by atomic mass is 10.2. The van der Waals surface area contributed by atoms with Crippen molar-refractivity contribution in [2.75, 3.05) is 0 Å². The van der Waals surface area contributed by atoms with Crippen LogP contribution in [0.3, 0.4) is 0 Å². The Morgan fingerprint density at radius 2 is 2.20 bits per heavy atom. The lowest BCUT2D eigenvalue weighted by Crippen LogP contribution is -2.04. The van der Waals surface area contributed by atoms with Crippen LogP contribution in [0.5, 0.6) is 0 Å². The maximum atomic E-state index is 4.38. The Hall–Kier alpha value is -1.05. The normalized spacial score (nSPS) is 10.9. The van der Waals surface area contributed by atoms with Crippen LogP contribution in [0.15, 0.2) is 25.0 Å². The van der Waals surface area contributed by atoms with Crippen molar-refractivity contribution in [3.05, 3.63) is 30.9 Å². The number of nitrogens with zero attached hydrogens (tertiary/aromatic N) is 2. The number of imidazole rings is 1. The molecule has 2 nitrogen and oxygen atoms in total. The van der Waals surface area contributed by atoms with Crippen molar-refractivity contribution in [3.63, 3.8) is 0 Å². The van der Waals surface area contributed by atoms with Gasteiger partial charge in [-0.25, -0.2) is 4.98 Å². The van der Waals surface area contributed by atoms with Crippen LogP contribution in [0, 0.1) is 0 Å². The molecule has 15 heavy (non-hydrogen) atoms. The van der Waals surface area contributed by atoms with Crippen LogP contribution in [-0.4, -0.2) is 9.55 Å². The number of allylic oxidation sites excluding steroid dienone is 1. The van der Waals surface area contributed by atoms with Crippen LogP contribution in [-0.2, 0) is 6.54 Å². The monoisotopic (exact) mass is 206 g/mol. The summed E-state index contributed by atoms with van der Waals surface area (Å²) in [5.41, 5.74) is 0. The van der Waals surface area contributed by atoms with E-state index in [9.17, 15) is 0 Å². The van der Waals surface area contributed by atoms with Crippen molar-refractivity contribution < 1.29 is 0 Å². The van der Waals surface area contributed by atoms with E-state index < -0.39 is 0 Å². The van der Waals surface area contributed by atoms with Gasteiger partial charge in [-0.3, -0.25) is 0 Å². The molecule has 0 spiro atoms. The molecule has 0 unspecified atom stereocenters. The van der Waals surface area contributed by atoms with E-state index >= 15 is 0 Å². The lowest BCUT2D eigenvalue weighted by molar-refractivity contribution is 0.558. The fourth-order valence-electron chi connectivity index (χ4n) is 1.76. The highest BCUT2D eigenvalue weighted by Gasteiger charge is 2.05. The van der Waals surface area contributed by atoms with E-state index in [4.69, 9.17) is 0 Å². The van der Waals surface area contributed by atoms with Gasteiger partial charge in [0.25, 0.3) is 0 Å². The smallest absolute Gasteiger partial charge is 0.111 e. The first-order valence-corrected chi connectivity index (χ1v) is 5.87. The van der Waals surface area contributed by atoms with E-state index in [-0.39, 0.29) is 0 Å². The van der Waals surface area contributed by atoms with E-state index in [2.05, 4.69) is 36.2 Å². The molecule has 0 saturated heterocycles. The summed E-state index contributed by atoms with van der Waals surface area (Å²) in [6.45, 7) is 9.21. The number of hydrogen-bond donors (Lipinski definition) is 0. The van der Waals surface area contributed by atoms with E-state index in [1.54, 1.807) is 0 Å². The van der Waals surface area contributed by atoms with Crippen LogP contribution in [0.2, 0.25) is 0 Å². The minimum atomic E-state index is 0.521. The summed E-state index contributed by atoms with van der Waals surface area (Å²) in [5.74, 6) is 1.73. The Labute approximate surface area is 93.0 Å². The molecule has 0 aliphatic heterocycles. The predicted octanol–water partition coefficient (Wildman–Crippen LogP) is 3.75. The van der Waals surface area contributed by atoms with Crippen LogP contribution in [0.4, 0.5) is 0 Å². The van der Waals surface area contributed by atoms with Gasteiger partial charge in [0.15, 0.2) is 0 Å². The molecule has 0 aliphatic carbocycles. The molecular weight excluding hydrogens is 184 g/mol. The molecule has 0 aromatic carbocycles. The molecular formula is C13H22N2. The van der Waals surface area contributed by atoms with Crippen LogP contribution >= 0.6 is 0 Å². The van der Waals surface area contributed by atoms with Gasteiger partial charge in [0.2, 0.25) is 0 Å². The molecule has 0 amide bonds. The van der Waals surface area contributed by atoms with Crippen LogP contribution in [0.1, 0.15) is 51.3 Å². The summed E-state index contributed by atoms with van der Waals surface area (Å²) in [6.07, 6.45) is 10.9. The summed E-state index contributed by atoms with van der Waals surface area (Å²) in [5, 5.41) is 0. The van der Waals surface area contributed by atoms with Crippen molar-refractivity contribution >= 4 is 0 Å². The Morgan fingerprint density at radius 3 is 2.87 bits per heavy atom. The van der Waals surface area contributed by atoms with Crippen molar-refractivity contribution in [1.82, 2.24) is 9.55 Å². The zero-order valence-electron chi connectivity index (χ0n) is 9.95. The maximum absolute atomic E-state index is 4.38. The summed E-state index contributed by atoms with van der Waals surface area (Å²) in [6, 6.07) is 0. The van der Waals surface area contributed by atoms with E-state index in [1.165, 1.54) is 25.1 Å². The molecule has 1 heterocycles. The zero-order valence-corrected chi connectivity index (χ0v) is 9.95. The second-order valence-electron chi connectivity index (χ2n) is 4.27. The quantitative estimate of drug-likeness (QED) is 0.490. The Bertz CT molecular complexity index is 286. The Kier molecular flexibility index (Phi) is 5.16. The molecule has 1 aromatic rings. The first-order chi connectivity index (χ1) is 7.25. The Morgan fingerprint density at radius 1 is 1.40 bits per heavy atom. The van der Waals surface area contributed by atoms with Gasteiger partial charge in [-0.1, -0.05) is 26.3 Å². The fraction of sp³-hybridized carbons (Fsp3) is 0.615. The number of unbranched alkanes of at least 4 members (excludes halogenated alkanes) is 3. The Balaban J connectivity index is 2.30. The van der Waals surface area contributed by atoms with E-state index in [1.807, 2.05) is 12.3 Å². The highest BCUT2D eigenvalue weighted by molar-refractivity contribution is 4.97. The standard InChI is InChI=1S/C13H22N2/c1-4-5-6-7-8-10-15-11-9-14-13(15)12(2)3/h4,9,11-12H,1,5-8,10H2,2-3H3. The van der Waals surface area contributed by atoms with Crippen molar-refractivity contribution in [2.24, 2.45) is 0 Å². The van der Waals surface area contributed by atoms with Gasteiger partial charge < -0.3 is 4.57 Å². The fourth-order valence-corrected chi connectivity index (χ4v) is 1.76. The van der Waals surface area contributed by atoms with Crippen LogP contribution < -0.4 is 0 Å². The van der Waals surface area contributed by atoms with Gasteiger partial charge in [-0.15, -0.1) is 6.58 Å². The number of hydrogen-bond acceptors (Lipinski definition) is 1. The van der Waals surface area contributed by atoms with Gasteiger partial charge in [-0.2, -0.15) is 0 Å². The van der Waals surface area contributed by atoms with Gasteiger partial charge in [0.05, 0.1) is 0 Å². The topological polar surface area (TPSA) is 17.8 Å². The third-order valence-corrected chi connectivity index (χ3v) is 2.57. The van der Waals surface area contributed by atoms with Crippen molar-refractivity contribution in [3.8, 4) is 0 Å². The zero-order chi connectivity index (χ0) is 11.1. The van der Waals surface area contributed by atoms with Crippen LogP contribution in [0.25, 0.3) is 0 Å². The van der Waals surface area contributed by atoms with Gasteiger partial charge >= 0.3 is 0 Å². The highest BCUT2D eigenvalue weighted by atomic mass is 15.1. The molecule has 84 valence electrons. The molecule has 1 rings (SSSR count). The molecule has 0 fully saturated rings. The van der Waals surface area contributed by atoms with Gasteiger partial charge in [-0.05, 0) is 19.3 Å². The van der Waals surface area contributed by atoms with Gasteiger partial charge in [0.1, 0.15) is 5.82 Å². The lowest BCUT2D eigenvalue weighted by Gasteiger charge is -2.09. The molecule has 2 heteroatoms. The second-order valence-corrected chi connectivity index (χ2v) is 4.27. The largest absolute Gasteiger partial charge is 0.335 e. The highest BCUT2D eigenvalue weighted by Crippen LogP contribution is 2.13. The SMILES string of the molecule is C=CCCCCCn1ccnc1C(C)C. The minimum absolute atomic E-state index is 0.521. The number of aryl methyl sites for hydroxylation is 1. The number of rotatable bonds is 7. The molecule has 0 saturated carbocycles. The first kappa shape index (κ1) is 12.0. The summed E-state index contributed by atoms with van der Waals surface area (Å²) in [7, 11) is 0. The summed E-state index contributed by atoms with van der Waals surface area (Å²) in [4.78, 5) is 4.38. The average molecular weight is 206 g/mol. The third kappa shape index (κ3) is 3.90. The van der Waals surface area contributed by atoms with E-state index in [0.29, 0.717) is 5.92 Å². The maximum Gasteiger partial charge on any atom is 0.111 e. The molecule has 0 N–H and O–H groups in total. The first-order valence-electron chi connectivity index (χ1n) is 5.87. The number of aromatic nitrogens is 2. The molecule has 0 radical (unpaired) electrons. The minimum Gasteiger partial charge on any atom is -0.335 e. The molecule has 0 aliphatic rings. The summed E-state index contributed by atoms with van der Waals surface area (Å²) < 4.78 is 2.28. The molecule has 1 aromatic heterocycles. The van der Waals surface area contributed by atoms with Crippen molar-refractivity contribution in [1.29, 1.82) is 0 Å². The van der Waals surface area contributed by atoms with E-state index in [0.717, 1.165) is 13.0 Å². The van der Waals surface area contributed by atoms with Gasteiger partial charge in [0, 0.05) is 24.9 Å². The predicted molar refractivity (Wildman–Crippen MR) is 65.0 cm³/mol.